The van der Waals surface area contributed by atoms with Crippen molar-refractivity contribution in [3.8, 4) is 0 Å². The average Bonchev–Trinajstić information content (AvgIpc) is 3.24. The number of rotatable bonds is 3. The summed E-state index contributed by atoms with van der Waals surface area (Å²) in [6.07, 6.45) is 3.25. The molecule has 1 N–H and O–H groups in total. The van der Waals surface area contributed by atoms with Gasteiger partial charge in [0.1, 0.15) is 0 Å². The predicted molar refractivity (Wildman–Crippen MR) is 108 cm³/mol. The molecule has 0 unspecified atom stereocenters. The van der Waals surface area contributed by atoms with E-state index in [0.29, 0.717) is 34.2 Å². The van der Waals surface area contributed by atoms with Gasteiger partial charge in [-0.2, -0.15) is 0 Å². The van der Waals surface area contributed by atoms with Crippen molar-refractivity contribution in [2.75, 3.05) is 18.4 Å². The van der Waals surface area contributed by atoms with E-state index >= 15 is 0 Å². The minimum atomic E-state index is -0.239. The zero-order valence-corrected chi connectivity index (χ0v) is 16.1. The lowest BCUT2D eigenvalue weighted by Crippen LogP contribution is -2.43. The number of halogens is 1. The molecular formula is C20H18ClN3O2S. The molecule has 138 valence electrons. The number of hydrogen-bond acceptors (Lipinski definition) is 4. The number of nitrogens with one attached hydrogen (secondary N) is 1. The van der Waals surface area contributed by atoms with Crippen LogP contribution in [0.5, 0.6) is 0 Å². The summed E-state index contributed by atoms with van der Waals surface area (Å²) in [7, 11) is 0. The standard InChI is InChI=1S/C20H18ClN3O2S/c21-15-7-8-16(18-14(15)5-1-9-22-18)23-19(25)13-4-2-10-24(12-13)20(26)17-6-3-11-27-17/h1,3,5-9,11,13H,2,4,10,12H2,(H,23,25)/t13-/m0/s1. The van der Waals surface area contributed by atoms with Gasteiger partial charge < -0.3 is 10.2 Å². The third-order valence-corrected chi connectivity index (χ3v) is 5.97. The molecule has 1 aromatic carbocycles. The average molecular weight is 400 g/mol. The Morgan fingerprint density at radius 3 is 2.93 bits per heavy atom. The van der Waals surface area contributed by atoms with E-state index in [1.165, 1.54) is 11.3 Å². The normalized spacial score (nSPS) is 17.1. The molecule has 4 rings (SSSR count). The Morgan fingerprint density at radius 2 is 2.11 bits per heavy atom. The highest BCUT2D eigenvalue weighted by atomic mass is 35.5. The second kappa shape index (κ2) is 7.66. The van der Waals surface area contributed by atoms with Gasteiger partial charge in [-0.1, -0.05) is 17.7 Å². The quantitative estimate of drug-likeness (QED) is 0.708. The van der Waals surface area contributed by atoms with Gasteiger partial charge in [-0.05, 0) is 48.6 Å². The summed E-state index contributed by atoms with van der Waals surface area (Å²) >= 11 is 7.65. The summed E-state index contributed by atoms with van der Waals surface area (Å²) in [6, 6.07) is 10.9. The maximum absolute atomic E-state index is 12.8. The van der Waals surface area contributed by atoms with Gasteiger partial charge in [0.2, 0.25) is 5.91 Å². The van der Waals surface area contributed by atoms with Crippen molar-refractivity contribution in [2.45, 2.75) is 12.8 Å². The number of hydrogen-bond donors (Lipinski definition) is 1. The van der Waals surface area contributed by atoms with Crippen LogP contribution < -0.4 is 5.32 Å². The molecule has 0 spiro atoms. The Labute approximate surface area is 166 Å². The molecule has 1 aliphatic heterocycles. The van der Waals surface area contributed by atoms with E-state index in [4.69, 9.17) is 11.6 Å². The molecule has 0 saturated carbocycles. The van der Waals surface area contributed by atoms with Crippen LogP contribution in [0.1, 0.15) is 22.5 Å². The number of anilines is 1. The summed E-state index contributed by atoms with van der Waals surface area (Å²) in [5.41, 5.74) is 1.31. The highest BCUT2D eigenvalue weighted by Gasteiger charge is 2.29. The van der Waals surface area contributed by atoms with Crippen molar-refractivity contribution in [1.82, 2.24) is 9.88 Å². The molecule has 3 aromatic rings. The number of benzene rings is 1. The highest BCUT2D eigenvalue weighted by molar-refractivity contribution is 7.12. The first kappa shape index (κ1) is 17.9. The van der Waals surface area contributed by atoms with Gasteiger partial charge >= 0.3 is 0 Å². The number of thiophene rings is 1. The van der Waals surface area contributed by atoms with Gasteiger partial charge in [-0.25, -0.2) is 0 Å². The molecule has 0 aliphatic carbocycles. The fourth-order valence-corrected chi connectivity index (χ4v) is 4.31. The number of amides is 2. The molecule has 1 fully saturated rings. The molecule has 27 heavy (non-hydrogen) atoms. The SMILES string of the molecule is O=C(Nc1ccc(Cl)c2cccnc12)[C@H]1CCCN(C(=O)c2cccs2)C1. The second-order valence-corrected chi connectivity index (χ2v) is 7.91. The minimum absolute atomic E-state index is 0.00103. The van der Waals surface area contributed by atoms with Gasteiger partial charge in [0.15, 0.2) is 0 Å². The van der Waals surface area contributed by atoms with Crippen LogP contribution >= 0.6 is 22.9 Å². The number of aromatic nitrogens is 1. The molecule has 1 saturated heterocycles. The van der Waals surface area contributed by atoms with Crippen LogP contribution in [0.25, 0.3) is 10.9 Å². The Balaban J connectivity index is 1.50. The van der Waals surface area contributed by atoms with E-state index in [1.54, 1.807) is 23.2 Å². The lowest BCUT2D eigenvalue weighted by molar-refractivity contribution is -0.121. The van der Waals surface area contributed by atoms with Gasteiger partial charge in [0, 0.05) is 24.7 Å². The zero-order valence-electron chi connectivity index (χ0n) is 14.5. The predicted octanol–water partition coefficient (Wildman–Crippen LogP) is 4.44. The third-order valence-electron chi connectivity index (χ3n) is 4.79. The number of likely N-dealkylation sites (tertiary alicyclic amines) is 1. The molecule has 1 aliphatic rings. The number of piperidine rings is 1. The molecule has 2 amide bonds. The smallest absolute Gasteiger partial charge is 0.263 e. The fraction of sp³-hybridized carbons (Fsp3) is 0.250. The molecule has 2 aromatic heterocycles. The number of fused-ring (bicyclic) bond motifs is 1. The summed E-state index contributed by atoms with van der Waals surface area (Å²) in [5, 5.41) is 6.27. The van der Waals surface area contributed by atoms with Gasteiger partial charge in [0.25, 0.3) is 5.91 Å². The van der Waals surface area contributed by atoms with Crippen LogP contribution in [-0.2, 0) is 4.79 Å². The molecule has 7 heteroatoms. The van der Waals surface area contributed by atoms with E-state index in [-0.39, 0.29) is 17.7 Å². The number of carbonyl (C=O) groups excluding carboxylic acids is 2. The monoisotopic (exact) mass is 399 g/mol. The van der Waals surface area contributed by atoms with Crippen molar-refractivity contribution in [1.29, 1.82) is 0 Å². The topological polar surface area (TPSA) is 62.3 Å². The van der Waals surface area contributed by atoms with E-state index in [9.17, 15) is 9.59 Å². The Morgan fingerprint density at radius 1 is 1.22 bits per heavy atom. The van der Waals surface area contributed by atoms with Crippen molar-refractivity contribution in [3.63, 3.8) is 0 Å². The molecule has 0 radical (unpaired) electrons. The maximum atomic E-state index is 12.8. The fourth-order valence-electron chi connectivity index (χ4n) is 3.41. The Kier molecular flexibility index (Phi) is 5.09. The van der Waals surface area contributed by atoms with E-state index in [0.717, 1.165) is 18.2 Å². The second-order valence-electron chi connectivity index (χ2n) is 6.55. The van der Waals surface area contributed by atoms with Gasteiger partial charge in [-0.15, -0.1) is 11.3 Å². The first-order chi connectivity index (χ1) is 13.1. The molecule has 1 atom stereocenters. The van der Waals surface area contributed by atoms with Crippen molar-refractivity contribution in [2.24, 2.45) is 5.92 Å². The summed E-state index contributed by atoms with van der Waals surface area (Å²) in [6.45, 7) is 1.12. The van der Waals surface area contributed by atoms with Crippen molar-refractivity contribution < 1.29 is 9.59 Å². The lowest BCUT2D eigenvalue weighted by Gasteiger charge is -2.31. The van der Waals surface area contributed by atoms with Gasteiger partial charge in [-0.3, -0.25) is 14.6 Å². The number of carbonyl (C=O) groups is 2. The van der Waals surface area contributed by atoms with Gasteiger partial charge in [0.05, 0.1) is 27.0 Å². The largest absolute Gasteiger partial charge is 0.337 e. The first-order valence-electron chi connectivity index (χ1n) is 8.80. The first-order valence-corrected chi connectivity index (χ1v) is 10.1. The summed E-state index contributed by atoms with van der Waals surface area (Å²) in [5.74, 6) is -0.328. The van der Waals surface area contributed by atoms with E-state index in [2.05, 4.69) is 10.3 Å². The zero-order chi connectivity index (χ0) is 18.8. The van der Waals surface area contributed by atoms with Crippen molar-refractivity contribution in [3.05, 3.63) is 57.9 Å². The van der Waals surface area contributed by atoms with Crippen LogP contribution in [-0.4, -0.2) is 34.8 Å². The Hall–Kier alpha value is -2.44. The number of pyridine rings is 1. The lowest BCUT2D eigenvalue weighted by atomic mass is 9.96. The molecular weight excluding hydrogens is 382 g/mol. The highest BCUT2D eigenvalue weighted by Crippen LogP contribution is 2.29. The molecule has 3 heterocycles. The van der Waals surface area contributed by atoms with E-state index in [1.807, 2.05) is 29.6 Å². The van der Waals surface area contributed by atoms with Crippen LogP contribution in [0.2, 0.25) is 5.02 Å². The summed E-state index contributed by atoms with van der Waals surface area (Å²) < 4.78 is 0. The van der Waals surface area contributed by atoms with Crippen molar-refractivity contribution >= 4 is 51.3 Å². The van der Waals surface area contributed by atoms with Crippen LogP contribution in [0.3, 0.4) is 0 Å². The summed E-state index contributed by atoms with van der Waals surface area (Å²) in [4.78, 5) is 32.3. The third kappa shape index (κ3) is 3.68. The van der Waals surface area contributed by atoms with E-state index < -0.39 is 0 Å². The maximum Gasteiger partial charge on any atom is 0.263 e. The van der Waals surface area contributed by atoms with Crippen LogP contribution in [0.15, 0.2) is 48.0 Å². The van der Waals surface area contributed by atoms with Crippen LogP contribution in [0.4, 0.5) is 5.69 Å². The number of nitrogens with zero attached hydrogens (tertiary/aromatic N) is 2. The molecule has 5 nitrogen and oxygen atoms in total. The minimum Gasteiger partial charge on any atom is -0.337 e. The van der Waals surface area contributed by atoms with Crippen LogP contribution in [0, 0.1) is 5.92 Å². The Bertz CT molecular complexity index is 990. The molecule has 0 bridgehead atoms.